The van der Waals surface area contributed by atoms with Crippen molar-refractivity contribution in [2.24, 2.45) is 0 Å². The molecule has 6 heteroatoms. The third-order valence-corrected chi connectivity index (χ3v) is 2.76. The Hall–Kier alpha value is -1.56. The van der Waals surface area contributed by atoms with Crippen LogP contribution in [-0.2, 0) is 14.8 Å². The molecule has 1 N–H and O–H groups in total. The van der Waals surface area contributed by atoms with E-state index in [9.17, 15) is 13.2 Å². The maximum Gasteiger partial charge on any atom is 0.338 e. The Morgan fingerprint density at radius 2 is 1.89 bits per heavy atom. The maximum absolute atomic E-state index is 11.6. The monoisotopic (exact) mass is 271 g/mol. The lowest BCUT2D eigenvalue weighted by Crippen LogP contribution is -2.10. The smallest absolute Gasteiger partial charge is 0.338 e. The van der Waals surface area contributed by atoms with Crippen molar-refractivity contribution in [2.75, 3.05) is 17.6 Å². The number of benzene rings is 1. The molecule has 100 valence electrons. The first-order valence-corrected chi connectivity index (χ1v) is 7.56. The number of carbonyl (C=O) groups excluding carboxylic acids is 1. The molecule has 0 unspecified atom stereocenters. The molecule has 0 amide bonds. The molecule has 0 atom stereocenters. The van der Waals surface area contributed by atoms with E-state index in [0.717, 1.165) is 19.1 Å². The minimum absolute atomic E-state index is 0.394. The molecule has 5 nitrogen and oxygen atoms in total. The number of hydrogen-bond acceptors (Lipinski definition) is 4. The Balaban J connectivity index is 2.62. The van der Waals surface area contributed by atoms with Crippen LogP contribution in [0.2, 0.25) is 0 Å². The third-order valence-electron chi connectivity index (χ3n) is 2.15. The van der Waals surface area contributed by atoms with Gasteiger partial charge in [0.15, 0.2) is 0 Å². The van der Waals surface area contributed by atoms with E-state index in [4.69, 9.17) is 4.74 Å². The molecule has 0 aliphatic rings. The number of nitrogens with one attached hydrogen (secondary N) is 1. The number of esters is 1. The van der Waals surface area contributed by atoms with Gasteiger partial charge in [-0.15, -0.1) is 0 Å². The molecule has 0 heterocycles. The molecule has 0 spiro atoms. The normalized spacial score (nSPS) is 11.0. The van der Waals surface area contributed by atoms with Crippen LogP contribution in [-0.4, -0.2) is 27.2 Å². The molecule has 0 bridgehead atoms. The van der Waals surface area contributed by atoms with Crippen molar-refractivity contribution in [1.29, 1.82) is 0 Å². The van der Waals surface area contributed by atoms with E-state index in [1.165, 1.54) is 24.3 Å². The van der Waals surface area contributed by atoms with Crippen molar-refractivity contribution in [3.8, 4) is 0 Å². The summed E-state index contributed by atoms with van der Waals surface area (Å²) in [5.74, 6) is -0.394. The van der Waals surface area contributed by atoms with Crippen LogP contribution in [0.3, 0.4) is 0 Å². The summed E-state index contributed by atoms with van der Waals surface area (Å²) >= 11 is 0. The Morgan fingerprint density at radius 3 is 2.39 bits per heavy atom. The summed E-state index contributed by atoms with van der Waals surface area (Å²) in [4.78, 5) is 11.6. The van der Waals surface area contributed by atoms with Crippen LogP contribution < -0.4 is 4.72 Å². The van der Waals surface area contributed by atoms with E-state index in [1.807, 2.05) is 6.92 Å². The Kier molecular flexibility index (Phi) is 5.15. The lowest BCUT2D eigenvalue weighted by Gasteiger charge is -2.06. The quantitative estimate of drug-likeness (QED) is 0.634. The number of ether oxygens (including phenoxy) is 1. The average Bonchev–Trinajstić information content (AvgIpc) is 2.28. The fourth-order valence-corrected chi connectivity index (χ4v) is 1.85. The van der Waals surface area contributed by atoms with E-state index in [0.29, 0.717) is 17.9 Å². The Labute approximate surface area is 107 Å². The van der Waals surface area contributed by atoms with Crippen LogP contribution in [0.25, 0.3) is 0 Å². The summed E-state index contributed by atoms with van der Waals surface area (Å²) in [6, 6.07) is 6.11. The van der Waals surface area contributed by atoms with Crippen molar-refractivity contribution in [3.63, 3.8) is 0 Å². The molecular formula is C12H17NO4S. The van der Waals surface area contributed by atoms with Gasteiger partial charge in [0.05, 0.1) is 18.4 Å². The second-order valence-corrected chi connectivity index (χ2v) is 5.69. The molecule has 18 heavy (non-hydrogen) atoms. The number of hydrogen-bond donors (Lipinski definition) is 1. The summed E-state index contributed by atoms with van der Waals surface area (Å²) in [6.07, 6.45) is 2.86. The number of anilines is 1. The molecule has 1 rings (SSSR count). The van der Waals surface area contributed by atoms with Crippen molar-refractivity contribution in [3.05, 3.63) is 29.8 Å². The highest BCUT2D eigenvalue weighted by Crippen LogP contribution is 2.11. The largest absolute Gasteiger partial charge is 0.462 e. The number of carbonyl (C=O) groups is 1. The van der Waals surface area contributed by atoms with Crippen LogP contribution >= 0.6 is 0 Å². The molecule has 0 fully saturated rings. The average molecular weight is 271 g/mol. The number of unbranched alkanes of at least 4 members (excludes halogenated alkanes) is 1. The van der Waals surface area contributed by atoms with Crippen molar-refractivity contribution >= 4 is 21.7 Å². The van der Waals surface area contributed by atoms with Gasteiger partial charge in [-0.2, -0.15) is 0 Å². The van der Waals surface area contributed by atoms with Gasteiger partial charge in [-0.3, -0.25) is 4.72 Å². The third kappa shape index (κ3) is 5.18. The van der Waals surface area contributed by atoms with Gasteiger partial charge in [0.25, 0.3) is 0 Å². The zero-order valence-corrected chi connectivity index (χ0v) is 11.3. The first-order chi connectivity index (χ1) is 8.42. The second kappa shape index (κ2) is 6.39. The standard InChI is InChI=1S/C12H17NO4S/c1-3-4-9-17-12(14)10-5-7-11(8-6-10)13-18(2,15)16/h5-8,13H,3-4,9H2,1-2H3. The summed E-state index contributed by atoms with van der Waals surface area (Å²) in [5, 5.41) is 0. The predicted octanol–water partition coefficient (Wildman–Crippen LogP) is 2.02. The number of rotatable bonds is 6. The molecule has 0 saturated carbocycles. The van der Waals surface area contributed by atoms with Crippen LogP contribution in [0.4, 0.5) is 5.69 Å². The van der Waals surface area contributed by atoms with E-state index in [1.54, 1.807) is 0 Å². The highest BCUT2D eigenvalue weighted by molar-refractivity contribution is 7.92. The van der Waals surface area contributed by atoms with Crippen molar-refractivity contribution in [2.45, 2.75) is 19.8 Å². The maximum atomic E-state index is 11.6. The summed E-state index contributed by atoms with van der Waals surface area (Å²) in [7, 11) is -3.29. The fraction of sp³-hybridized carbons (Fsp3) is 0.417. The number of sulfonamides is 1. The van der Waals surface area contributed by atoms with Gasteiger partial charge in [-0.1, -0.05) is 13.3 Å². The summed E-state index contributed by atoms with van der Waals surface area (Å²) < 4.78 is 29.3. The fourth-order valence-electron chi connectivity index (χ4n) is 1.28. The van der Waals surface area contributed by atoms with E-state index >= 15 is 0 Å². The van der Waals surface area contributed by atoms with Crippen LogP contribution in [0, 0.1) is 0 Å². The SMILES string of the molecule is CCCCOC(=O)c1ccc(NS(C)(=O)=O)cc1. The predicted molar refractivity (Wildman–Crippen MR) is 70.1 cm³/mol. The summed E-state index contributed by atoms with van der Waals surface area (Å²) in [6.45, 7) is 2.41. The zero-order valence-electron chi connectivity index (χ0n) is 10.5. The van der Waals surface area contributed by atoms with Crippen LogP contribution in [0.15, 0.2) is 24.3 Å². The Bertz CT molecular complexity index is 493. The lowest BCUT2D eigenvalue weighted by molar-refractivity contribution is 0.0500. The highest BCUT2D eigenvalue weighted by Gasteiger charge is 2.07. The van der Waals surface area contributed by atoms with Crippen LogP contribution in [0.5, 0.6) is 0 Å². The minimum atomic E-state index is -3.29. The molecule has 0 aromatic heterocycles. The topological polar surface area (TPSA) is 72.5 Å². The Morgan fingerprint density at radius 1 is 1.28 bits per heavy atom. The van der Waals surface area contributed by atoms with Crippen LogP contribution in [0.1, 0.15) is 30.1 Å². The van der Waals surface area contributed by atoms with Gasteiger partial charge in [-0.05, 0) is 30.7 Å². The van der Waals surface area contributed by atoms with Gasteiger partial charge in [0.1, 0.15) is 0 Å². The molecule has 0 saturated heterocycles. The molecule has 1 aromatic rings. The van der Waals surface area contributed by atoms with Crippen molar-refractivity contribution < 1.29 is 17.9 Å². The van der Waals surface area contributed by atoms with Gasteiger partial charge < -0.3 is 4.74 Å². The van der Waals surface area contributed by atoms with Gasteiger partial charge in [0, 0.05) is 5.69 Å². The lowest BCUT2D eigenvalue weighted by atomic mass is 10.2. The molecular weight excluding hydrogens is 254 g/mol. The highest BCUT2D eigenvalue weighted by atomic mass is 32.2. The molecule has 1 aromatic carbocycles. The first-order valence-electron chi connectivity index (χ1n) is 5.67. The van der Waals surface area contributed by atoms with Gasteiger partial charge in [0.2, 0.25) is 10.0 Å². The van der Waals surface area contributed by atoms with E-state index < -0.39 is 16.0 Å². The molecule has 0 radical (unpaired) electrons. The van der Waals surface area contributed by atoms with Crippen molar-refractivity contribution in [1.82, 2.24) is 0 Å². The zero-order chi connectivity index (χ0) is 13.6. The second-order valence-electron chi connectivity index (χ2n) is 3.94. The summed E-state index contributed by atoms with van der Waals surface area (Å²) in [5.41, 5.74) is 0.827. The molecule has 0 aliphatic carbocycles. The first kappa shape index (κ1) is 14.5. The molecule has 0 aliphatic heterocycles. The van der Waals surface area contributed by atoms with E-state index in [-0.39, 0.29) is 0 Å². The van der Waals surface area contributed by atoms with E-state index in [2.05, 4.69) is 4.72 Å². The minimum Gasteiger partial charge on any atom is -0.462 e. The van der Waals surface area contributed by atoms with Gasteiger partial charge in [-0.25, -0.2) is 13.2 Å². The van der Waals surface area contributed by atoms with Gasteiger partial charge >= 0.3 is 5.97 Å².